The van der Waals surface area contributed by atoms with E-state index < -0.39 is 0 Å². The first-order valence-corrected chi connectivity index (χ1v) is 18.8. The Labute approximate surface area is 320 Å². The van der Waals surface area contributed by atoms with Crippen molar-refractivity contribution in [3.8, 4) is 51.4 Å². The van der Waals surface area contributed by atoms with Gasteiger partial charge in [0.25, 0.3) is 0 Å². The van der Waals surface area contributed by atoms with Crippen molar-refractivity contribution in [1.29, 1.82) is 0 Å². The van der Waals surface area contributed by atoms with Crippen LogP contribution in [0.15, 0.2) is 167 Å². The van der Waals surface area contributed by atoms with Crippen molar-refractivity contribution in [2.24, 2.45) is 11.8 Å². The molecule has 0 spiro atoms. The minimum absolute atomic E-state index is 0.547. The molecule has 12 rings (SSSR count). The van der Waals surface area contributed by atoms with Crippen LogP contribution in [0.25, 0.3) is 101 Å². The molecule has 8 nitrogen and oxygen atoms in total. The van der Waals surface area contributed by atoms with E-state index in [9.17, 15) is 0 Å². The molecule has 1 saturated carbocycles. The lowest BCUT2D eigenvalue weighted by atomic mass is 10.0. The quantitative estimate of drug-likeness (QED) is 0.169. The number of hydrogen-bond donors (Lipinski definition) is 0. The van der Waals surface area contributed by atoms with Gasteiger partial charge in [-0.05, 0) is 90.0 Å². The molecule has 0 aliphatic heterocycles. The van der Waals surface area contributed by atoms with Gasteiger partial charge >= 0.3 is 6.01 Å². The predicted molar refractivity (Wildman–Crippen MR) is 220 cm³/mol. The summed E-state index contributed by atoms with van der Waals surface area (Å²) >= 11 is 0. The second-order valence-electron chi connectivity index (χ2n) is 14.5. The molecular weight excluding hydrogens is 693 g/mol. The SMILES string of the molecule is C1=CC2C[C@H]2C=C1c1nc(-c2ccccc2)nc(-c2ccc3nc(-c4cccc(-c5ccc6c(c5)c5ccccc5n6-c5nc6ccccc6o5)c4)oc3c2)n1. The third kappa shape index (κ3) is 5.10. The van der Waals surface area contributed by atoms with Crippen LogP contribution in [0, 0.1) is 11.8 Å². The molecule has 0 radical (unpaired) electrons. The van der Waals surface area contributed by atoms with Gasteiger partial charge in [-0.15, -0.1) is 0 Å². The standard InChI is InChI=1S/C48H30N6O2/c1-2-9-28(10-3-1)44-51-45(32-18-17-30-24-35(30)25-32)53-46(52-44)33-19-21-39-43(27-33)55-47(49-39)34-12-8-11-29(23-34)31-20-22-41-37(26-31)36-13-4-6-15-40(36)54(41)48-50-38-14-5-7-16-42(38)56-48/h1-23,25-27,30,35H,24H2/t30?,35-/m0/s1. The van der Waals surface area contributed by atoms with E-state index in [0.717, 1.165) is 71.8 Å². The van der Waals surface area contributed by atoms with E-state index in [1.54, 1.807) is 0 Å². The summed E-state index contributed by atoms with van der Waals surface area (Å²) in [5, 5.41) is 2.24. The minimum atomic E-state index is 0.547. The highest BCUT2D eigenvalue weighted by Gasteiger charge is 2.35. The normalized spacial score (nSPS) is 16.2. The highest BCUT2D eigenvalue weighted by molar-refractivity contribution is 6.10. The number of para-hydroxylation sites is 3. The van der Waals surface area contributed by atoms with Gasteiger partial charge in [0.1, 0.15) is 11.0 Å². The van der Waals surface area contributed by atoms with E-state index in [0.29, 0.717) is 46.8 Å². The van der Waals surface area contributed by atoms with E-state index in [4.69, 9.17) is 33.8 Å². The molecule has 2 aliphatic rings. The number of hydrogen-bond acceptors (Lipinski definition) is 7. The maximum atomic E-state index is 6.47. The molecule has 0 saturated heterocycles. The van der Waals surface area contributed by atoms with Gasteiger partial charge in [0, 0.05) is 33.0 Å². The number of allylic oxidation sites excluding steroid dienone is 4. The molecule has 1 fully saturated rings. The van der Waals surface area contributed by atoms with Crippen LogP contribution in [-0.4, -0.2) is 29.5 Å². The minimum Gasteiger partial charge on any atom is -0.436 e. The van der Waals surface area contributed by atoms with Crippen LogP contribution in [0.1, 0.15) is 12.2 Å². The van der Waals surface area contributed by atoms with E-state index in [-0.39, 0.29) is 0 Å². The highest BCUT2D eigenvalue weighted by atomic mass is 16.4. The second kappa shape index (κ2) is 12.0. The van der Waals surface area contributed by atoms with Crippen molar-refractivity contribution in [1.82, 2.24) is 29.5 Å². The first-order chi connectivity index (χ1) is 27.7. The Kier molecular flexibility index (Phi) is 6.65. The summed E-state index contributed by atoms with van der Waals surface area (Å²) in [7, 11) is 0. The summed E-state index contributed by atoms with van der Waals surface area (Å²) in [6.45, 7) is 0. The smallest absolute Gasteiger partial charge is 0.307 e. The van der Waals surface area contributed by atoms with Gasteiger partial charge in [-0.1, -0.05) is 97.1 Å². The summed E-state index contributed by atoms with van der Waals surface area (Å²) in [5.74, 6) is 3.69. The molecule has 8 heteroatoms. The van der Waals surface area contributed by atoms with E-state index in [1.165, 1.54) is 6.42 Å². The van der Waals surface area contributed by atoms with Crippen LogP contribution in [0.3, 0.4) is 0 Å². The van der Waals surface area contributed by atoms with Gasteiger partial charge in [-0.3, -0.25) is 4.57 Å². The summed E-state index contributed by atoms with van der Waals surface area (Å²) in [6.07, 6.45) is 7.92. The Hall–Kier alpha value is -7.45. The van der Waals surface area contributed by atoms with Gasteiger partial charge in [0.05, 0.1) is 11.0 Å². The number of aromatic nitrogens is 6. The summed E-state index contributed by atoms with van der Waals surface area (Å²) in [4.78, 5) is 24.6. The van der Waals surface area contributed by atoms with Gasteiger partial charge in [0.15, 0.2) is 28.6 Å². The number of nitrogens with zero attached hydrogens (tertiary/aromatic N) is 6. The van der Waals surface area contributed by atoms with Crippen LogP contribution in [0.5, 0.6) is 0 Å². The van der Waals surface area contributed by atoms with Crippen LogP contribution in [0.2, 0.25) is 0 Å². The van der Waals surface area contributed by atoms with E-state index in [2.05, 4.69) is 71.3 Å². The number of oxazole rings is 2. The molecule has 2 atom stereocenters. The highest BCUT2D eigenvalue weighted by Crippen LogP contribution is 2.46. The maximum absolute atomic E-state index is 6.47. The largest absolute Gasteiger partial charge is 0.436 e. The van der Waals surface area contributed by atoms with Crippen molar-refractivity contribution in [3.05, 3.63) is 164 Å². The zero-order chi connectivity index (χ0) is 36.7. The summed E-state index contributed by atoms with van der Waals surface area (Å²) in [6, 6.07) is 47.7. The van der Waals surface area contributed by atoms with Gasteiger partial charge < -0.3 is 8.83 Å². The fourth-order valence-electron chi connectivity index (χ4n) is 7.99. The molecule has 2 aliphatic carbocycles. The van der Waals surface area contributed by atoms with Crippen molar-refractivity contribution in [2.45, 2.75) is 6.42 Å². The molecule has 264 valence electrons. The second-order valence-corrected chi connectivity index (χ2v) is 14.5. The molecule has 56 heavy (non-hydrogen) atoms. The Balaban J connectivity index is 0.911. The third-order valence-electron chi connectivity index (χ3n) is 11.0. The van der Waals surface area contributed by atoms with Crippen LogP contribution in [0.4, 0.5) is 0 Å². The van der Waals surface area contributed by atoms with Crippen molar-refractivity contribution in [2.75, 3.05) is 0 Å². The number of rotatable bonds is 6. The molecule has 4 aromatic heterocycles. The fraction of sp³-hybridized carbons (Fsp3) is 0.0625. The predicted octanol–water partition coefficient (Wildman–Crippen LogP) is 11.5. The van der Waals surface area contributed by atoms with Gasteiger partial charge in [-0.2, -0.15) is 4.98 Å². The van der Waals surface area contributed by atoms with E-state index >= 15 is 0 Å². The fourth-order valence-corrected chi connectivity index (χ4v) is 7.99. The maximum Gasteiger partial charge on any atom is 0.307 e. The van der Waals surface area contributed by atoms with Crippen LogP contribution in [-0.2, 0) is 0 Å². The average molecular weight is 723 g/mol. The zero-order valence-corrected chi connectivity index (χ0v) is 29.9. The number of benzene rings is 6. The molecule has 4 heterocycles. The molecule has 0 amide bonds. The summed E-state index contributed by atoms with van der Waals surface area (Å²) < 4.78 is 14.8. The number of fused-ring (bicyclic) bond motifs is 6. The molecular formula is C48H30N6O2. The van der Waals surface area contributed by atoms with Crippen molar-refractivity contribution in [3.63, 3.8) is 0 Å². The van der Waals surface area contributed by atoms with Crippen molar-refractivity contribution < 1.29 is 8.83 Å². The van der Waals surface area contributed by atoms with Gasteiger partial charge in [0.2, 0.25) is 5.89 Å². The Morgan fingerprint density at radius 3 is 2.12 bits per heavy atom. The monoisotopic (exact) mass is 722 g/mol. The first-order valence-electron chi connectivity index (χ1n) is 18.8. The Morgan fingerprint density at radius 2 is 1.21 bits per heavy atom. The van der Waals surface area contributed by atoms with Gasteiger partial charge in [-0.25, -0.2) is 19.9 Å². The third-order valence-corrected chi connectivity index (χ3v) is 11.0. The van der Waals surface area contributed by atoms with Crippen LogP contribution < -0.4 is 0 Å². The summed E-state index contributed by atoms with van der Waals surface area (Å²) in [5.41, 5.74) is 10.9. The Morgan fingerprint density at radius 1 is 0.482 bits per heavy atom. The molecule has 1 unspecified atom stereocenters. The van der Waals surface area contributed by atoms with E-state index in [1.807, 2.05) is 91.0 Å². The lowest BCUT2D eigenvalue weighted by molar-refractivity contribution is 0.574. The molecule has 0 N–H and O–H groups in total. The Bertz CT molecular complexity index is 3230. The van der Waals surface area contributed by atoms with Crippen molar-refractivity contribution >= 4 is 49.6 Å². The average Bonchev–Trinajstić information content (AvgIpc) is 3.54. The molecule has 0 bridgehead atoms. The van der Waals surface area contributed by atoms with Crippen LogP contribution >= 0.6 is 0 Å². The lowest BCUT2D eigenvalue weighted by Gasteiger charge is -2.10. The molecule has 10 aromatic rings. The zero-order valence-electron chi connectivity index (χ0n) is 29.9. The topological polar surface area (TPSA) is 95.7 Å². The molecule has 6 aromatic carbocycles. The lowest BCUT2D eigenvalue weighted by Crippen LogP contribution is -2.03. The first kappa shape index (κ1) is 31.0.